The van der Waals surface area contributed by atoms with Crippen molar-refractivity contribution in [2.45, 2.75) is 0 Å². The predicted octanol–water partition coefficient (Wildman–Crippen LogP) is 5.61. The van der Waals surface area contributed by atoms with Crippen LogP contribution >= 0.6 is 0 Å². The van der Waals surface area contributed by atoms with Crippen molar-refractivity contribution in [2.75, 3.05) is 0 Å². The van der Waals surface area contributed by atoms with E-state index in [1.807, 2.05) is 18.2 Å². The molecule has 5 aromatic rings. The SMILES string of the molecule is N#Cc1c2ccccc2c2ccc3cccc4ccc1c2c43. The number of hydrogen-bond acceptors (Lipinski definition) is 1. The lowest BCUT2D eigenvalue weighted by Crippen LogP contribution is -1.89. The summed E-state index contributed by atoms with van der Waals surface area (Å²) in [6.45, 7) is 0. The molecule has 5 rings (SSSR count). The minimum Gasteiger partial charge on any atom is -0.192 e. The summed E-state index contributed by atoms with van der Waals surface area (Å²) < 4.78 is 0. The molecule has 0 amide bonds. The van der Waals surface area contributed by atoms with Crippen LogP contribution in [0.1, 0.15) is 5.56 Å². The largest absolute Gasteiger partial charge is 0.192 e. The van der Waals surface area contributed by atoms with Gasteiger partial charge in [-0.25, -0.2) is 0 Å². The zero-order valence-corrected chi connectivity index (χ0v) is 11.8. The van der Waals surface area contributed by atoms with Crippen LogP contribution in [0.4, 0.5) is 0 Å². The maximum atomic E-state index is 9.72. The smallest absolute Gasteiger partial charge is 0.100 e. The molecule has 0 aliphatic carbocycles. The highest BCUT2D eigenvalue weighted by molar-refractivity contribution is 6.30. The summed E-state index contributed by atoms with van der Waals surface area (Å²) in [6.07, 6.45) is 0. The van der Waals surface area contributed by atoms with E-state index in [0.29, 0.717) is 0 Å². The van der Waals surface area contributed by atoms with Crippen LogP contribution in [0.5, 0.6) is 0 Å². The molecule has 1 nitrogen and oxygen atoms in total. The van der Waals surface area contributed by atoms with Crippen molar-refractivity contribution < 1.29 is 0 Å². The first-order chi connectivity index (χ1) is 10.9. The van der Waals surface area contributed by atoms with Gasteiger partial charge in [0.15, 0.2) is 0 Å². The van der Waals surface area contributed by atoms with E-state index in [2.05, 4.69) is 54.6 Å². The summed E-state index contributed by atoms with van der Waals surface area (Å²) in [4.78, 5) is 0. The average Bonchev–Trinajstić information content (AvgIpc) is 2.59. The van der Waals surface area contributed by atoms with Crippen molar-refractivity contribution >= 4 is 43.1 Å². The van der Waals surface area contributed by atoms with Gasteiger partial charge in [-0.3, -0.25) is 0 Å². The summed E-state index contributed by atoms with van der Waals surface area (Å²) in [5.41, 5.74) is 0.779. The van der Waals surface area contributed by atoms with Crippen LogP contribution in [-0.2, 0) is 0 Å². The molecule has 22 heavy (non-hydrogen) atoms. The monoisotopic (exact) mass is 277 g/mol. The molecule has 0 aromatic heterocycles. The fourth-order valence-electron chi connectivity index (χ4n) is 3.72. The molecule has 0 bridgehead atoms. The third-order valence-electron chi connectivity index (χ3n) is 4.64. The molecular weight excluding hydrogens is 266 g/mol. The molecule has 0 unspecified atom stereocenters. The first-order valence-electron chi connectivity index (χ1n) is 7.37. The third kappa shape index (κ3) is 1.27. The summed E-state index contributed by atoms with van der Waals surface area (Å²) in [7, 11) is 0. The molecule has 0 radical (unpaired) electrons. The Morgan fingerprint density at radius 2 is 1.23 bits per heavy atom. The van der Waals surface area contributed by atoms with Crippen LogP contribution in [0.2, 0.25) is 0 Å². The summed E-state index contributed by atoms with van der Waals surface area (Å²) in [5.74, 6) is 0. The molecule has 100 valence electrons. The standard InChI is InChI=1S/C21H11N/c22-12-19-16-7-2-1-6-15(16)17-10-8-13-4-3-5-14-9-11-18(19)21(17)20(13)14/h1-11H. The highest BCUT2D eigenvalue weighted by Crippen LogP contribution is 2.40. The molecule has 0 saturated carbocycles. The van der Waals surface area contributed by atoms with Gasteiger partial charge in [0.2, 0.25) is 0 Å². The summed E-state index contributed by atoms with van der Waals surface area (Å²) >= 11 is 0. The molecule has 5 aromatic carbocycles. The van der Waals surface area contributed by atoms with Crippen molar-refractivity contribution in [3.8, 4) is 6.07 Å². The molecule has 0 spiro atoms. The van der Waals surface area contributed by atoms with E-state index in [-0.39, 0.29) is 0 Å². The molecule has 0 heterocycles. The van der Waals surface area contributed by atoms with Crippen molar-refractivity contribution in [1.29, 1.82) is 5.26 Å². The van der Waals surface area contributed by atoms with Gasteiger partial charge in [-0.15, -0.1) is 0 Å². The summed E-state index contributed by atoms with van der Waals surface area (Å²) in [5, 5.41) is 19.1. The Morgan fingerprint density at radius 1 is 0.545 bits per heavy atom. The Morgan fingerprint density at radius 3 is 1.95 bits per heavy atom. The van der Waals surface area contributed by atoms with Crippen LogP contribution in [0.3, 0.4) is 0 Å². The molecule has 1 heteroatoms. The van der Waals surface area contributed by atoms with E-state index in [1.54, 1.807) is 0 Å². The molecule has 0 aliphatic heterocycles. The maximum Gasteiger partial charge on any atom is 0.100 e. The minimum absolute atomic E-state index is 0.779. The Labute approximate surface area is 127 Å². The van der Waals surface area contributed by atoms with Gasteiger partial charge in [-0.2, -0.15) is 5.26 Å². The highest BCUT2D eigenvalue weighted by Gasteiger charge is 2.14. The zero-order valence-electron chi connectivity index (χ0n) is 11.8. The number of hydrogen-bond donors (Lipinski definition) is 0. The van der Waals surface area contributed by atoms with Gasteiger partial charge >= 0.3 is 0 Å². The van der Waals surface area contributed by atoms with Crippen molar-refractivity contribution in [3.05, 3.63) is 72.3 Å². The number of fused-ring (bicyclic) bond motifs is 2. The second-order valence-electron chi connectivity index (χ2n) is 5.71. The molecular formula is C21H11N. The van der Waals surface area contributed by atoms with Crippen molar-refractivity contribution in [3.63, 3.8) is 0 Å². The molecule has 0 atom stereocenters. The topological polar surface area (TPSA) is 23.8 Å². The number of benzene rings is 5. The zero-order chi connectivity index (χ0) is 14.7. The van der Waals surface area contributed by atoms with E-state index in [1.165, 1.54) is 26.9 Å². The quantitative estimate of drug-likeness (QED) is 0.266. The van der Waals surface area contributed by atoms with Crippen molar-refractivity contribution in [1.82, 2.24) is 0 Å². The molecule has 0 aliphatic rings. The number of nitrogens with zero attached hydrogens (tertiary/aromatic N) is 1. The lowest BCUT2D eigenvalue weighted by Gasteiger charge is -2.14. The first kappa shape index (κ1) is 11.5. The van der Waals surface area contributed by atoms with Crippen LogP contribution in [-0.4, -0.2) is 0 Å². The van der Waals surface area contributed by atoms with E-state index in [9.17, 15) is 5.26 Å². The Balaban J connectivity index is 2.26. The van der Waals surface area contributed by atoms with Crippen LogP contribution in [0, 0.1) is 11.3 Å². The Kier molecular flexibility index (Phi) is 2.08. The lowest BCUT2D eigenvalue weighted by molar-refractivity contribution is 1.52. The maximum absolute atomic E-state index is 9.72. The van der Waals surface area contributed by atoms with Gasteiger partial charge in [0.25, 0.3) is 0 Å². The second kappa shape index (κ2) is 3.96. The minimum atomic E-state index is 0.779. The van der Waals surface area contributed by atoms with Gasteiger partial charge in [-0.1, -0.05) is 66.7 Å². The first-order valence-corrected chi connectivity index (χ1v) is 7.37. The normalized spacial score (nSPS) is 11.6. The number of nitriles is 1. The van der Waals surface area contributed by atoms with Crippen LogP contribution in [0.25, 0.3) is 43.1 Å². The van der Waals surface area contributed by atoms with Crippen LogP contribution < -0.4 is 0 Å². The van der Waals surface area contributed by atoms with E-state index < -0.39 is 0 Å². The van der Waals surface area contributed by atoms with E-state index >= 15 is 0 Å². The van der Waals surface area contributed by atoms with Gasteiger partial charge in [0.05, 0.1) is 5.56 Å². The average molecular weight is 277 g/mol. The van der Waals surface area contributed by atoms with Gasteiger partial charge < -0.3 is 0 Å². The fraction of sp³-hybridized carbons (Fsp3) is 0. The lowest BCUT2D eigenvalue weighted by atomic mass is 9.88. The van der Waals surface area contributed by atoms with E-state index in [0.717, 1.165) is 21.7 Å². The Hall–Kier alpha value is -3.11. The highest BCUT2D eigenvalue weighted by atomic mass is 14.3. The van der Waals surface area contributed by atoms with Gasteiger partial charge in [0.1, 0.15) is 6.07 Å². The Bertz CT molecular complexity index is 1210. The van der Waals surface area contributed by atoms with Gasteiger partial charge in [0, 0.05) is 10.8 Å². The van der Waals surface area contributed by atoms with Gasteiger partial charge in [-0.05, 0) is 32.3 Å². The summed E-state index contributed by atoms with van der Waals surface area (Å²) in [6, 6.07) is 25.6. The second-order valence-corrected chi connectivity index (χ2v) is 5.71. The third-order valence-corrected chi connectivity index (χ3v) is 4.64. The fourth-order valence-corrected chi connectivity index (χ4v) is 3.72. The molecule has 0 fully saturated rings. The molecule has 0 saturated heterocycles. The number of rotatable bonds is 0. The predicted molar refractivity (Wildman–Crippen MR) is 92.4 cm³/mol. The van der Waals surface area contributed by atoms with E-state index in [4.69, 9.17) is 0 Å². The van der Waals surface area contributed by atoms with Crippen molar-refractivity contribution in [2.24, 2.45) is 0 Å². The van der Waals surface area contributed by atoms with Crippen LogP contribution in [0.15, 0.2) is 66.7 Å². The molecule has 0 N–H and O–H groups in total.